The van der Waals surface area contributed by atoms with Crippen LogP contribution in [0.1, 0.15) is 6.92 Å². The molecule has 0 aliphatic carbocycles. The van der Waals surface area contributed by atoms with Gasteiger partial charge in [0.1, 0.15) is 5.17 Å². The van der Waals surface area contributed by atoms with E-state index in [-0.39, 0.29) is 5.17 Å². The molecule has 64 valence electrons. The number of hydrogen-bond acceptors (Lipinski definition) is 3. The van der Waals surface area contributed by atoms with E-state index in [2.05, 4.69) is 16.7 Å². The Kier molecular flexibility index (Phi) is 5.83. The Morgan fingerprint density at radius 1 is 1.58 bits per heavy atom. The molecule has 0 aromatic carbocycles. The lowest BCUT2D eigenvalue weighted by Gasteiger charge is -1.86. The average molecular weight is 184 g/mol. The van der Waals surface area contributed by atoms with E-state index in [0.717, 1.165) is 5.70 Å². The predicted molar refractivity (Wildman–Crippen MR) is 54.5 cm³/mol. The van der Waals surface area contributed by atoms with Gasteiger partial charge in [0.15, 0.2) is 0 Å². The van der Waals surface area contributed by atoms with Gasteiger partial charge in [-0.25, -0.2) is 0 Å². The molecule has 4 heteroatoms. The first kappa shape index (κ1) is 10.8. The van der Waals surface area contributed by atoms with Crippen molar-refractivity contribution < 1.29 is 0 Å². The van der Waals surface area contributed by atoms with Crippen molar-refractivity contribution in [1.29, 1.82) is 5.41 Å². The van der Waals surface area contributed by atoms with Gasteiger partial charge in [-0.2, -0.15) is 0 Å². The Bertz CT molecular complexity index is 251. The quantitative estimate of drug-likeness (QED) is 0.514. The van der Waals surface area contributed by atoms with Crippen LogP contribution in [0.3, 0.4) is 0 Å². The van der Waals surface area contributed by atoms with Gasteiger partial charge in [0.2, 0.25) is 0 Å². The van der Waals surface area contributed by atoms with Crippen LogP contribution in [-0.4, -0.2) is 18.1 Å². The molecular weight excluding hydrogens is 174 g/mol. The van der Waals surface area contributed by atoms with E-state index >= 15 is 0 Å². The molecule has 3 nitrogen and oxygen atoms in total. The first-order valence-electron chi connectivity index (χ1n) is 3.24. The Hall–Kier alpha value is -1.22. The number of aliphatic imine (C=N–C) groups is 2. The summed E-state index contributed by atoms with van der Waals surface area (Å²) >= 11 is 5.24. The summed E-state index contributed by atoms with van der Waals surface area (Å²) in [6, 6.07) is 0. The summed E-state index contributed by atoms with van der Waals surface area (Å²) in [4.78, 5) is 7.37. The standard InChI is InChI=1S/C8H10ClN3/c1-7(4-3-5-11-2)12-6-8(9)10/h3-6,10H,2H2,1H3/b5-3-,7-4+,10-8?,12-6?. The van der Waals surface area contributed by atoms with E-state index in [4.69, 9.17) is 17.0 Å². The molecule has 0 aromatic rings. The Labute approximate surface area is 76.7 Å². The summed E-state index contributed by atoms with van der Waals surface area (Å²) in [5.41, 5.74) is 0.750. The lowest BCUT2D eigenvalue weighted by molar-refractivity contribution is 1.32. The van der Waals surface area contributed by atoms with Gasteiger partial charge in [0.25, 0.3) is 0 Å². The van der Waals surface area contributed by atoms with Crippen molar-refractivity contribution >= 4 is 29.7 Å². The van der Waals surface area contributed by atoms with Crippen molar-refractivity contribution in [3.8, 4) is 0 Å². The van der Waals surface area contributed by atoms with Gasteiger partial charge >= 0.3 is 0 Å². The van der Waals surface area contributed by atoms with Crippen molar-refractivity contribution in [1.82, 2.24) is 0 Å². The van der Waals surface area contributed by atoms with E-state index in [9.17, 15) is 0 Å². The number of nitrogens with zero attached hydrogens (tertiary/aromatic N) is 2. The minimum absolute atomic E-state index is 0.0893. The fourth-order valence-electron chi connectivity index (χ4n) is 0.445. The SMILES string of the molecule is C=N/C=C\C=C(/C)N=CC(=N)Cl. The normalized spacial score (nSPS) is 12.7. The van der Waals surface area contributed by atoms with Crippen molar-refractivity contribution in [2.75, 3.05) is 0 Å². The monoisotopic (exact) mass is 183 g/mol. The summed E-state index contributed by atoms with van der Waals surface area (Å²) in [5.74, 6) is 0. The van der Waals surface area contributed by atoms with Crippen LogP contribution in [0.4, 0.5) is 0 Å². The summed E-state index contributed by atoms with van der Waals surface area (Å²) in [7, 11) is 0. The Morgan fingerprint density at radius 2 is 2.25 bits per heavy atom. The molecule has 0 aliphatic heterocycles. The van der Waals surface area contributed by atoms with E-state index in [1.54, 1.807) is 25.3 Å². The molecule has 0 spiro atoms. The van der Waals surface area contributed by atoms with Crippen LogP contribution in [0.25, 0.3) is 0 Å². The second-order valence-electron chi connectivity index (χ2n) is 1.94. The molecule has 0 aromatic heterocycles. The van der Waals surface area contributed by atoms with Crippen LogP contribution in [0.15, 0.2) is 34.0 Å². The third-order valence-corrected chi connectivity index (χ3v) is 1.01. The minimum Gasteiger partial charge on any atom is -0.288 e. The highest BCUT2D eigenvalue weighted by Gasteiger charge is 1.81. The topological polar surface area (TPSA) is 48.6 Å². The first-order chi connectivity index (χ1) is 5.66. The van der Waals surface area contributed by atoms with Crippen LogP contribution >= 0.6 is 11.6 Å². The van der Waals surface area contributed by atoms with Crippen molar-refractivity contribution in [3.05, 3.63) is 24.0 Å². The molecule has 0 saturated heterocycles. The van der Waals surface area contributed by atoms with Gasteiger partial charge in [-0.15, -0.1) is 0 Å². The Morgan fingerprint density at radius 3 is 2.75 bits per heavy atom. The van der Waals surface area contributed by atoms with Crippen LogP contribution in [0.2, 0.25) is 0 Å². The van der Waals surface area contributed by atoms with Gasteiger partial charge in [0.05, 0.1) is 6.21 Å². The highest BCUT2D eigenvalue weighted by Crippen LogP contribution is 1.94. The Balaban J connectivity index is 4.10. The molecule has 1 N–H and O–H groups in total. The maximum absolute atomic E-state index is 6.84. The lowest BCUT2D eigenvalue weighted by Crippen LogP contribution is -1.83. The molecule has 0 aliphatic rings. The van der Waals surface area contributed by atoms with Crippen LogP contribution < -0.4 is 0 Å². The third kappa shape index (κ3) is 6.89. The summed E-state index contributed by atoms with van der Waals surface area (Å²) in [6.07, 6.45) is 6.26. The van der Waals surface area contributed by atoms with Gasteiger partial charge in [-0.1, -0.05) is 11.6 Å². The molecule has 0 bridgehead atoms. The van der Waals surface area contributed by atoms with Crippen molar-refractivity contribution in [2.45, 2.75) is 6.92 Å². The largest absolute Gasteiger partial charge is 0.288 e. The predicted octanol–water partition coefficient (Wildman–Crippen LogP) is 2.39. The molecule has 0 radical (unpaired) electrons. The molecule has 12 heavy (non-hydrogen) atoms. The molecule has 0 unspecified atom stereocenters. The van der Waals surface area contributed by atoms with E-state index < -0.39 is 0 Å². The van der Waals surface area contributed by atoms with Gasteiger partial charge in [-0.05, 0) is 25.8 Å². The summed E-state index contributed by atoms with van der Waals surface area (Å²) in [6.45, 7) is 5.07. The maximum atomic E-state index is 6.84. The number of hydrogen-bond donors (Lipinski definition) is 1. The van der Waals surface area contributed by atoms with Crippen LogP contribution in [0.5, 0.6) is 0 Å². The highest BCUT2D eigenvalue weighted by molar-refractivity contribution is 6.79. The zero-order valence-corrected chi connectivity index (χ0v) is 7.54. The number of nitrogens with one attached hydrogen (secondary N) is 1. The summed E-state index contributed by atoms with van der Waals surface area (Å²) in [5, 5.41) is 6.75. The lowest BCUT2D eigenvalue weighted by atomic mass is 10.4. The van der Waals surface area contributed by atoms with Gasteiger partial charge < -0.3 is 0 Å². The number of halogens is 1. The smallest absolute Gasteiger partial charge is 0.139 e. The fraction of sp³-hybridized carbons (Fsp3) is 0.125. The van der Waals surface area contributed by atoms with Crippen LogP contribution in [0, 0.1) is 5.41 Å². The third-order valence-electron chi connectivity index (χ3n) is 0.910. The average Bonchev–Trinajstić information content (AvgIpc) is 2.01. The number of rotatable bonds is 4. The second kappa shape index (κ2) is 6.49. The van der Waals surface area contributed by atoms with Crippen molar-refractivity contribution in [2.24, 2.45) is 9.98 Å². The molecule has 0 rings (SSSR count). The van der Waals surface area contributed by atoms with E-state index in [1.165, 1.54) is 6.21 Å². The fourth-order valence-corrected chi connectivity index (χ4v) is 0.493. The van der Waals surface area contributed by atoms with Crippen LogP contribution in [-0.2, 0) is 0 Å². The maximum Gasteiger partial charge on any atom is 0.139 e. The molecule has 0 saturated carbocycles. The highest BCUT2D eigenvalue weighted by atomic mass is 35.5. The molecule has 0 atom stereocenters. The number of allylic oxidation sites excluding steroid dienone is 3. The summed E-state index contributed by atoms with van der Waals surface area (Å²) < 4.78 is 0. The molecule has 0 amide bonds. The molecule has 0 heterocycles. The van der Waals surface area contributed by atoms with E-state index in [1.807, 2.05) is 0 Å². The van der Waals surface area contributed by atoms with Gasteiger partial charge in [-0.3, -0.25) is 15.4 Å². The van der Waals surface area contributed by atoms with E-state index in [0.29, 0.717) is 0 Å². The van der Waals surface area contributed by atoms with Gasteiger partial charge in [0, 0.05) is 11.9 Å². The second-order valence-corrected chi connectivity index (χ2v) is 2.35. The minimum atomic E-state index is -0.0893. The molecule has 0 fully saturated rings. The zero-order chi connectivity index (χ0) is 9.40. The zero-order valence-electron chi connectivity index (χ0n) is 6.79. The van der Waals surface area contributed by atoms with Crippen molar-refractivity contribution in [3.63, 3.8) is 0 Å². The first-order valence-corrected chi connectivity index (χ1v) is 3.62. The molecular formula is C8H10ClN3.